The number of phenolic OH excluding ortho intramolecular Hbond substituents is 4. The summed E-state index contributed by atoms with van der Waals surface area (Å²) in [5.74, 6) is -5.06. The molecule has 10 nitrogen and oxygen atoms in total. The van der Waals surface area contributed by atoms with E-state index in [1.807, 2.05) is 24.3 Å². The van der Waals surface area contributed by atoms with Crippen LogP contribution in [0.25, 0.3) is 0 Å². The van der Waals surface area contributed by atoms with Gasteiger partial charge in [0.1, 0.15) is 57.1 Å². The Labute approximate surface area is 253 Å². The number of phenols is 4. The van der Waals surface area contributed by atoms with Crippen molar-refractivity contribution >= 4 is 11.6 Å². The molecule has 4 aromatic rings. The van der Waals surface area contributed by atoms with E-state index in [2.05, 4.69) is 0 Å². The van der Waals surface area contributed by atoms with Crippen LogP contribution in [0.3, 0.4) is 0 Å². The number of ketones is 2. The van der Waals surface area contributed by atoms with Crippen molar-refractivity contribution in [2.45, 2.75) is 11.8 Å². The van der Waals surface area contributed by atoms with Gasteiger partial charge in [-0.15, -0.1) is 0 Å². The van der Waals surface area contributed by atoms with E-state index in [9.17, 15) is 30.0 Å². The van der Waals surface area contributed by atoms with E-state index >= 15 is 0 Å². The van der Waals surface area contributed by atoms with Crippen molar-refractivity contribution in [2.75, 3.05) is 28.4 Å². The Balaban J connectivity index is 1.74. The molecule has 0 aliphatic heterocycles. The monoisotopic (exact) mass is 600 g/mol. The van der Waals surface area contributed by atoms with Gasteiger partial charge < -0.3 is 39.4 Å². The van der Waals surface area contributed by atoms with Crippen molar-refractivity contribution in [2.24, 2.45) is 11.8 Å². The Kier molecular flexibility index (Phi) is 8.26. The first-order chi connectivity index (χ1) is 21.1. The second-order valence-corrected chi connectivity index (χ2v) is 10.5. The van der Waals surface area contributed by atoms with E-state index in [-0.39, 0.29) is 34.1 Å². The first kappa shape index (κ1) is 30.1. The number of aromatic hydroxyl groups is 4. The van der Waals surface area contributed by atoms with Crippen LogP contribution in [0.5, 0.6) is 46.0 Å². The van der Waals surface area contributed by atoms with Gasteiger partial charge >= 0.3 is 0 Å². The average Bonchev–Trinajstić information content (AvgIpc) is 3.00. The Bertz CT molecular complexity index is 1570. The molecule has 1 saturated carbocycles. The lowest BCUT2D eigenvalue weighted by Gasteiger charge is -2.51. The van der Waals surface area contributed by atoms with Gasteiger partial charge in [-0.3, -0.25) is 9.59 Å². The fraction of sp³-hybridized carbons (Fsp3) is 0.235. The lowest BCUT2D eigenvalue weighted by atomic mass is 9.49. The van der Waals surface area contributed by atoms with Crippen molar-refractivity contribution in [3.05, 3.63) is 95.1 Å². The fourth-order valence-corrected chi connectivity index (χ4v) is 6.21. The maximum absolute atomic E-state index is 14.5. The predicted molar refractivity (Wildman–Crippen MR) is 160 cm³/mol. The van der Waals surface area contributed by atoms with Crippen LogP contribution in [0, 0.1) is 11.8 Å². The van der Waals surface area contributed by atoms with Crippen molar-refractivity contribution < 1.29 is 49.0 Å². The van der Waals surface area contributed by atoms with Gasteiger partial charge in [-0.05, 0) is 35.4 Å². The largest absolute Gasteiger partial charge is 0.508 e. The van der Waals surface area contributed by atoms with Crippen LogP contribution in [-0.2, 0) is 0 Å². The molecule has 10 heteroatoms. The minimum atomic E-state index is -1.06. The van der Waals surface area contributed by atoms with E-state index < -0.39 is 46.7 Å². The molecule has 0 bridgehead atoms. The van der Waals surface area contributed by atoms with Crippen molar-refractivity contribution in [3.8, 4) is 46.0 Å². The third kappa shape index (κ3) is 5.19. The number of carbonyl (C=O) groups excluding carboxylic acids is 2. The molecule has 228 valence electrons. The Morgan fingerprint density at radius 3 is 1.16 bits per heavy atom. The number of carbonyl (C=O) groups is 2. The van der Waals surface area contributed by atoms with Crippen LogP contribution in [0.1, 0.15) is 43.7 Å². The van der Waals surface area contributed by atoms with Gasteiger partial charge in [-0.1, -0.05) is 24.3 Å². The first-order valence-corrected chi connectivity index (χ1v) is 13.7. The summed E-state index contributed by atoms with van der Waals surface area (Å²) in [7, 11) is 5.68. The highest BCUT2D eigenvalue weighted by Gasteiger charge is 2.59. The maximum atomic E-state index is 14.5. The number of ether oxygens (including phenoxy) is 4. The smallest absolute Gasteiger partial charge is 0.174 e. The number of hydrogen-bond acceptors (Lipinski definition) is 10. The SMILES string of the molecule is COc1ccc([C@H]2[C@H](C(=O)c3c(O)cc(O)cc3OC)[C@@H](C(=O)c3c(O)cc(O)cc3OC)[C@@H]2c2ccc(OC)cc2)cc1. The molecule has 5 rings (SSSR count). The van der Waals surface area contributed by atoms with Crippen LogP contribution in [0.4, 0.5) is 0 Å². The van der Waals surface area contributed by atoms with E-state index in [0.717, 1.165) is 23.3 Å². The molecule has 0 spiro atoms. The molecule has 1 aliphatic rings. The summed E-state index contributed by atoms with van der Waals surface area (Å²) in [5.41, 5.74) is 1.07. The standard InChI is InChI=1S/C34H32O10/c1-41-21-9-5-17(6-10-21)27-28(18-7-11-22(42-2)12-8-18)32(34(40)30-24(38)14-20(36)16-26(30)44-4)31(27)33(39)29-23(37)13-19(35)15-25(29)43-3/h5-16,27-28,31-32,35-38H,1-4H3/t27-,28-,31+,32+/m1/s1. The van der Waals surface area contributed by atoms with Gasteiger partial charge in [0.2, 0.25) is 0 Å². The molecule has 4 atom stereocenters. The normalized spacial score (nSPS) is 19.0. The van der Waals surface area contributed by atoms with Gasteiger partial charge in [0.05, 0.1) is 28.4 Å². The molecule has 0 unspecified atom stereocenters. The number of hydrogen-bond donors (Lipinski definition) is 4. The number of methoxy groups -OCH3 is 4. The second-order valence-electron chi connectivity index (χ2n) is 10.5. The van der Waals surface area contributed by atoms with Gasteiger partial charge in [0.25, 0.3) is 0 Å². The summed E-state index contributed by atoms with van der Waals surface area (Å²) >= 11 is 0. The van der Waals surface area contributed by atoms with E-state index in [0.29, 0.717) is 11.5 Å². The van der Waals surface area contributed by atoms with Gasteiger partial charge in [-0.25, -0.2) is 0 Å². The van der Waals surface area contributed by atoms with Crippen LogP contribution in [-0.4, -0.2) is 60.4 Å². The lowest BCUT2D eigenvalue weighted by molar-refractivity contribution is 0.0448. The molecule has 4 aromatic carbocycles. The van der Waals surface area contributed by atoms with Gasteiger partial charge in [-0.2, -0.15) is 0 Å². The highest BCUT2D eigenvalue weighted by molar-refractivity contribution is 6.11. The topological polar surface area (TPSA) is 152 Å². The summed E-state index contributed by atoms with van der Waals surface area (Å²) in [6.07, 6.45) is 0. The highest BCUT2D eigenvalue weighted by atomic mass is 16.5. The molecule has 0 heterocycles. The molecule has 1 aliphatic carbocycles. The van der Waals surface area contributed by atoms with Crippen LogP contribution >= 0.6 is 0 Å². The average molecular weight is 601 g/mol. The van der Waals surface area contributed by atoms with Gasteiger partial charge in [0.15, 0.2) is 11.6 Å². The molecule has 0 radical (unpaired) electrons. The van der Waals surface area contributed by atoms with Crippen LogP contribution < -0.4 is 18.9 Å². The van der Waals surface area contributed by atoms with E-state index in [1.165, 1.54) is 40.6 Å². The minimum absolute atomic E-state index is 0.0647. The molecule has 4 N–H and O–H groups in total. The molecular formula is C34H32O10. The summed E-state index contributed by atoms with van der Waals surface area (Å²) in [6.45, 7) is 0. The van der Waals surface area contributed by atoms with Crippen molar-refractivity contribution in [1.82, 2.24) is 0 Å². The third-order valence-electron chi connectivity index (χ3n) is 8.22. The van der Waals surface area contributed by atoms with E-state index in [1.54, 1.807) is 24.3 Å². The molecule has 44 heavy (non-hydrogen) atoms. The summed E-state index contributed by atoms with van der Waals surface area (Å²) < 4.78 is 21.4. The summed E-state index contributed by atoms with van der Waals surface area (Å²) in [4.78, 5) is 29.0. The Morgan fingerprint density at radius 1 is 0.523 bits per heavy atom. The van der Waals surface area contributed by atoms with Crippen molar-refractivity contribution in [3.63, 3.8) is 0 Å². The van der Waals surface area contributed by atoms with Crippen molar-refractivity contribution in [1.29, 1.82) is 0 Å². The summed E-state index contributed by atoms with van der Waals surface area (Å²) in [5, 5.41) is 41.8. The number of Topliss-reactive ketones (excluding diaryl/α,β-unsaturated/α-hetero) is 2. The zero-order valence-corrected chi connectivity index (χ0v) is 24.5. The van der Waals surface area contributed by atoms with Gasteiger partial charge in [0, 0.05) is 47.9 Å². The fourth-order valence-electron chi connectivity index (χ4n) is 6.21. The lowest BCUT2D eigenvalue weighted by Crippen LogP contribution is -2.51. The first-order valence-electron chi connectivity index (χ1n) is 13.7. The molecule has 0 saturated heterocycles. The van der Waals surface area contributed by atoms with Crippen LogP contribution in [0.2, 0.25) is 0 Å². The quantitative estimate of drug-likeness (QED) is 0.174. The third-order valence-corrected chi connectivity index (χ3v) is 8.22. The molecule has 0 amide bonds. The number of rotatable bonds is 10. The molecular weight excluding hydrogens is 568 g/mol. The highest BCUT2D eigenvalue weighted by Crippen LogP contribution is 2.61. The van der Waals surface area contributed by atoms with E-state index in [4.69, 9.17) is 18.9 Å². The zero-order chi connectivity index (χ0) is 31.7. The van der Waals surface area contributed by atoms with Crippen LogP contribution in [0.15, 0.2) is 72.8 Å². The minimum Gasteiger partial charge on any atom is -0.508 e. The number of benzene rings is 4. The summed E-state index contributed by atoms with van der Waals surface area (Å²) in [6, 6.07) is 18.8. The maximum Gasteiger partial charge on any atom is 0.174 e. The molecule has 1 fully saturated rings. The second kappa shape index (κ2) is 12.1. The predicted octanol–water partition coefficient (Wildman–Crippen LogP) is 5.42. The molecule has 0 aromatic heterocycles. The zero-order valence-electron chi connectivity index (χ0n) is 24.5. The Morgan fingerprint density at radius 2 is 0.864 bits per heavy atom. The Hall–Kier alpha value is -5.38.